The molecule has 0 radical (unpaired) electrons. The van der Waals surface area contributed by atoms with Crippen LogP contribution in [0.4, 0.5) is 0 Å². The van der Waals surface area contributed by atoms with Gasteiger partial charge in [-0.2, -0.15) is 0 Å². The lowest BCUT2D eigenvalue weighted by atomic mass is 9.78. The number of rotatable bonds is 2. The quantitative estimate of drug-likeness (QED) is 0.664. The Balaban J connectivity index is 1.94. The summed E-state index contributed by atoms with van der Waals surface area (Å²) in [7, 11) is 0. The Labute approximate surface area is 85.2 Å². The first-order valence-electron chi connectivity index (χ1n) is 5.38. The molecular weight excluding hydrogens is 184 g/mol. The lowest BCUT2D eigenvalue weighted by Crippen LogP contribution is -2.34. The highest BCUT2D eigenvalue weighted by Gasteiger charge is 2.38. The fraction of sp³-hybridized carbons (Fsp3) is 1.00. The molecule has 2 fully saturated rings. The van der Waals surface area contributed by atoms with Crippen molar-refractivity contribution in [2.75, 3.05) is 13.1 Å². The molecule has 3 N–H and O–H groups in total. The standard InChI is InChI=1S/C10H19ClN2/c11-8-1-2-10-9(5-8)7(3-4-12)6-13-10/h7-10,13H,1-6,12H2. The minimum absolute atomic E-state index is 0.418. The predicted octanol–water partition coefficient (Wildman–Crippen LogP) is 1.33. The second kappa shape index (κ2) is 4.16. The van der Waals surface area contributed by atoms with Gasteiger partial charge in [-0.05, 0) is 50.6 Å². The molecule has 1 aliphatic carbocycles. The van der Waals surface area contributed by atoms with Crippen LogP contribution in [-0.4, -0.2) is 24.5 Å². The Morgan fingerprint density at radius 2 is 2.23 bits per heavy atom. The number of fused-ring (bicyclic) bond motifs is 1. The molecule has 2 aliphatic rings. The largest absolute Gasteiger partial charge is 0.330 e. The van der Waals surface area contributed by atoms with Crippen molar-refractivity contribution in [3.05, 3.63) is 0 Å². The molecule has 0 amide bonds. The lowest BCUT2D eigenvalue weighted by molar-refractivity contribution is 0.271. The first-order chi connectivity index (χ1) is 6.31. The van der Waals surface area contributed by atoms with Crippen molar-refractivity contribution in [2.24, 2.45) is 17.6 Å². The molecule has 4 atom stereocenters. The first kappa shape index (κ1) is 9.75. The zero-order valence-electron chi connectivity index (χ0n) is 8.01. The van der Waals surface area contributed by atoms with E-state index in [1.54, 1.807) is 0 Å². The van der Waals surface area contributed by atoms with Gasteiger partial charge in [0.1, 0.15) is 0 Å². The van der Waals surface area contributed by atoms with Crippen LogP contribution in [0.1, 0.15) is 25.7 Å². The zero-order valence-corrected chi connectivity index (χ0v) is 8.76. The lowest BCUT2D eigenvalue weighted by Gasteiger charge is -2.31. The van der Waals surface area contributed by atoms with Gasteiger partial charge in [-0.3, -0.25) is 0 Å². The van der Waals surface area contributed by atoms with Crippen LogP contribution in [0.25, 0.3) is 0 Å². The summed E-state index contributed by atoms with van der Waals surface area (Å²) in [5.41, 5.74) is 5.60. The molecular formula is C10H19ClN2. The van der Waals surface area contributed by atoms with Gasteiger partial charge in [-0.1, -0.05) is 0 Å². The predicted molar refractivity (Wildman–Crippen MR) is 55.9 cm³/mol. The average Bonchev–Trinajstić information content (AvgIpc) is 2.49. The number of hydrogen-bond acceptors (Lipinski definition) is 2. The van der Waals surface area contributed by atoms with Crippen molar-refractivity contribution in [3.63, 3.8) is 0 Å². The highest BCUT2D eigenvalue weighted by molar-refractivity contribution is 6.20. The monoisotopic (exact) mass is 202 g/mol. The van der Waals surface area contributed by atoms with Gasteiger partial charge in [-0.15, -0.1) is 11.6 Å². The molecule has 0 aromatic carbocycles. The van der Waals surface area contributed by atoms with Crippen molar-refractivity contribution < 1.29 is 0 Å². The molecule has 1 saturated heterocycles. The van der Waals surface area contributed by atoms with Crippen molar-refractivity contribution in [2.45, 2.75) is 37.1 Å². The molecule has 4 unspecified atom stereocenters. The fourth-order valence-electron chi connectivity index (χ4n) is 2.91. The summed E-state index contributed by atoms with van der Waals surface area (Å²) in [6.07, 6.45) is 4.81. The van der Waals surface area contributed by atoms with Gasteiger partial charge in [0.15, 0.2) is 0 Å². The third kappa shape index (κ3) is 2.00. The number of nitrogens with two attached hydrogens (primary N) is 1. The summed E-state index contributed by atoms with van der Waals surface area (Å²) in [5, 5.41) is 4.02. The summed E-state index contributed by atoms with van der Waals surface area (Å²) < 4.78 is 0. The Bertz CT molecular complexity index is 174. The normalized spacial score (nSPS) is 44.8. The van der Waals surface area contributed by atoms with E-state index in [1.165, 1.54) is 19.3 Å². The third-order valence-electron chi connectivity index (χ3n) is 3.62. The number of nitrogens with one attached hydrogen (secondary N) is 1. The molecule has 1 saturated carbocycles. The molecule has 0 aromatic heterocycles. The van der Waals surface area contributed by atoms with Crippen LogP contribution in [0.5, 0.6) is 0 Å². The Hall–Kier alpha value is 0.210. The molecule has 0 spiro atoms. The number of hydrogen-bond donors (Lipinski definition) is 2. The maximum absolute atomic E-state index is 6.19. The van der Waals surface area contributed by atoms with Crippen molar-refractivity contribution >= 4 is 11.6 Å². The topological polar surface area (TPSA) is 38.0 Å². The van der Waals surface area contributed by atoms with Gasteiger partial charge in [0, 0.05) is 11.4 Å². The Kier molecular flexibility index (Phi) is 3.12. The highest BCUT2D eigenvalue weighted by Crippen LogP contribution is 2.37. The van der Waals surface area contributed by atoms with E-state index in [0.717, 1.165) is 37.4 Å². The van der Waals surface area contributed by atoms with Crippen LogP contribution in [0.15, 0.2) is 0 Å². The third-order valence-corrected chi connectivity index (χ3v) is 4.02. The minimum Gasteiger partial charge on any atom is -0.330 e. The summed E-state index contributed by atoms with van der Waals surface area (Å²) in [5.74, 6) is 1.59. The van der Waals surface area contributed by atoms with Crippen LogP contribution < -0.4 is 11.1 Å². The van der Waals surface area contributed by atoms with E-state index < -0.39 is 0 Å². The summed E-state index contributed by atoms with van der Waals surface area (Å²) in [6, 6.07) is 0.742. The van der Waals surface area contributed by atoms with Crippen molar-refractivity contribution in [1.29, 1.82) is 0 Å². The summed E-state index contributed by atoms with van der Waals surface area (Å²) in [6.45, 7) is 1.98. The Morgan fingerprint density at radius 3 is 3.00 bits per heavy atom. The fourth-order valence-corrected chi connectivity index (χ4v) is 3.24. The molecule has 1 heterocycles. The van der Waals surface area contributed by atoms with Gasteiger partial charge < -0.3 is 11.1 Å². The van der Waals surface area contributed by atoms with E-state index >= 15 is 0 Å². The van der Waals surface area contributed by atoms with E-state index in [9.17, 15) is 0 Å². The highest BCUT2D eigenvalue weighted by atomic mass is 35.5. The molecule has 2 nitrogen and oxygen atoms in total. The van der Waals surface area contributed by atoms with Gasteiger partial charge in [0.25, 0.3) is 0 Å². The van der Waals surface area contributed by atoms with E-state index in [4.69, 9.17) is 17.3 Å². The number of halogens is 1. The molecule has 3 heteroatoms. The maximum Gasteiger partial charge on any atom is 0.0340 e. The molecule has 76 valence electrons. The molecule has 13 heavy (non-hydrogen) atoms. The zero-order chi connectivity index (χ0) is 9.26. The van der Waals surface area contributed by atoms with Crippen LogP contribution in [0.2, 0.25) is 0 Å². The van der Waals surface area contributed by atoms with Gasteiger partial charge >= 0.3 is 0 Å². The smallest absolute Gasteiger partial charge is 0.0340 e. The molecule has 0 bridgehead atoms. The second-order valence-corrected chi connectivity index (χ2v) is 5.04. The Morgan fingerprint density at radius 1 is 1.38 bits per heavy atom. The SMILES string of the molecule is NCCC1CNC2CCC(Cl)CC12. The molecule has 1 aliphatic heterocycles. The van der Waals surface area contributed by atoms with Crippen LogP contribution in [0, 0.1) is 11.8 Å². The first-order valence-corrected chi connectivity index (χ1v) is 5.82. The summed E-state index contributed by atoms with van der Waals surface area (Å²) in [4.78, 5) is 0. The van der Waals surface area contributed by atoms with E-state index in [1.807, 2.05) is 0 Å². The maximum atomic E-state index is 6.19. The van der Waals surface area contributed by atoms with Gasteiger partial charge in [-0.25, -0.2) is 0 Å². The van der Waals surface area contributed by atoms with Crippen LogP contribution >= 0.6 is 11.6 Å². The molecule has 2 rings (SSSR count). The van der Waals surface area contributed by atoms with E-state index in [-0.39, 0.29) is 0 Å². The van der Waals surface area contributed by atoms with Crippen LogP contribution in [-0.2, 0) is 0 Å². The van der Waals surface area contributed by atoms with E-state index in [0.29, 0.717) is 5.38 Å². The number of alkyl halides is 1. The van der Waals surface area contributed by atoms with Gasteiger partial charge in [0.2, 0.25) is 0 Å². The minimum atomic E-state index is 0.418. The van der Waals surface area contributed by atoms with Gasteiger partial charge in [0.05, 0.1) is 0 Å². The van der Waals surface area contributed by atoms with E-state index in [2.05, 4.69) is 5.32 Å². The van der Waals surface area contributed by atoms with Crippen LogP contribution in [0.3, 0.4) is 0 Å². The summed E-state index contributed by atoms with van der Waals surface area (Å²) >= 11 is 6.19. The molecule has 0 aromatic rings. The van der Waals surface area contributed by atoms with Crippen molar-refractivity contribution in [3.8, 4) is 0 Å². The van der Waals surface area contributed by atoms with Crippen molar-refractivity contribution in [1.82, 2.24) is 5.32 Å². The second-order valence-electron chi connectivity index (χ2n) is 4.43. The average molecular weight is 203 g/mol.